The normalized spacial score (nSPS) is 21.2. The summed E-state index contributed by atoms with van der Waals surface area (Å²) in [5, 5.41) is 35.9. The van der Waals surface area contributed by atoms with Gasteiger partial charge in [-0.25, -0.2) is 9.59 Å². The number of carboxylic acid groups (broad SMARTS) is 2. The lowest BCUT2D eigenvalue weighted by Crippen LogP contribution is -2.45. The van der Waals surface area contributed by atoms with E-state index in [1.54, 1.807) is 12.1 Å². The fourth-order valence-electron chi connectivity index (χ4n) is 4.29. The van der Waals surface area contributed by atoms with Gasteiger partial charge in [-0.3, -0.25) is 4.90 Å². The Hall–Kier alpha value is -2.21. The molecule has 0 bridgehead atoms. The number of rotatable bonds is 7. The average Bonchev–Trinajstić information content (AvgIpc) is 3.31. The molecular formula is C22H31F3N2O6. The lowest BCUT2D eigenvalue weighted by atomic mass is 9.92. The van der Waals surface area contributed by atoms with Crippen molar-refractivity contribution in [3.05, 3.63) is 35.4 Å². The first-order valence-electron chi connectivity index (χ1n) is 11.0. The van der Waals surface area contributed by atoms with Crippen molar-refractivity contribution in [1.82, 2.24) is 10.2 Å². The van der Waals surface area contributed by atoms with E-state index in [1.165, 1.54) is 31.4 Å². The maximum atomic E-state index is 13.3. The lowest BCUT2D eigenvalue weighted by Gasteiger charge is -2.38. The third-order valence-corrected chi connectivity index (χ3v) is 6.03. The Labute approximate surface area is 190 Å². The van der Waals surface area contributed by atoms with E-state index < -0.39 is 35.9 Å². The first-order chi connectivity index (χ1) is 15.5. The highest BCUT2D eigenvalue weighted by atomic mass is 19.4. The predicted molar refractivity (Wildman–Crippen MR) is 112 cm³/mol. The van der Waals surface area contributed by atoms with Crippen molar-refractivity contribution in [2.45, 2.75) is 75.5 Å². The Morgan fingerprint density at radius 1 is 0.970 bits per heavy atom. The molecule has 0 spiro atoms. The molecular weight excluding hydrogens is 445 g/mol. The number of hydrogen-bond donors (Lipinski definition) is 5. The number of benzene rings is 1. The van der Waals surface area contributed by atoms with Crippen LogP contribution >= 0.6 is 0 Å². The van der Waals surface area contributed by atoms with Crippen LogP contribution in [0.3, 0.4) is 0 Å². The molecule has 1 aromatic carbocycles. The Kier molecular flexibility index (Phi) is 10.1. The Morgan fingerprint density at radius 2 is 1.55 bits per heavy atom. The van der Waals surface area contributed by atoms with E-state index in [2.05, 4.69) is 10.2 Å². The minimum atomic E-state index is -4.28. The number of aliphatic hydroxyl groups excluding tert-OH is 2. The number of nitrogens with one attached hydrogen (secondary N) is 1. The summed E-state index contributed by atoms with van der Waals surface area (Å²) < 4.78 is 39.9. The third kappa shape index (κ3) is 7.95. The fraction of sp³-hybridized carbons (Fsp3) is 0.636. The Bertz CT molecular complexity index is 762. The van der Waals surface area contributed by atoms with Gasteiger partial charge in [-0.05, 0) is 37.4 Å². The van der Waals surface area contributed by atoms with Crippen LogP contribution in [0.2, 0.25) is 0 Å². The molecule has 5 N–H and O–H groups in total. The van der Waals surface area contributed by atoms with Crippen LogP contribution in [0.5, 0.6) is 0 Å². The van der Waals surface area contributed by atoms with Crippen molar-refractivity contribution in [1.29, 1.82) is 0 Å². The molecule has 1 heterocycles. The van der Waals surface area contributed by atoms with E-state index in [9.17, 15) is 22.8 Å². The molecule has 3 rings (SSSR count). The third-order valence-electron chi connectivity index (χ3n) is 6.03. The Morgan fingerprint density at radius 3 is 2.03 bits per heavy atom. The van der Waals surface area contributed by atoms with Crippen LogP contribution in [0.15, 0.2) is 24.3 Å². The number of carbonyl (C=O) groups is 2. The van der Waals surface area contributed by atoms with Gasteiger partial charge in [-0.2, -0.15) is 13.2 Å². The molecule has 1 saturated carbocycles. The molecule has 2 aliphatic rings. The molecule has 1 aliphatic carbocycles. The summed E-state index contributed by atoms with van der Waals surface area (Å²) in [6.07, 6.45) is -1.89. The maximum absolute atomic E-state index is 13.3. The fourth-order valence-corrected chi connectivity index (χ4v) is 4.29. The monoisotopic (exact) mass is 476 g/mol. The zero-order valence-electron chi connectivity index (χ0n) is 18.2. The molecule has 1 saturated heterocycles. The molecule has 2 unspecified atom stereocenters. The largest absolute Gasteiger partial charge is 0.479 e. The molecule has 0 radical (unpaired) electrons. The summed E-state index contributed by atoms with van der Waals surface area (Å²) in [7, 11) is 0. The van der Waals surface area contributed by atoms with Gasteiger partial charge in [0.25, 0.3) is 0 Å². The standard InChI is InChI=1S/C18H25F3N2.C4H6O6/c19-18(20,21)17-9-5-4-6-14(17)13-23(16-10-11-22-12-16)15-7-2-1-3-8-15;5-1(3(7)8)2(6)4(9)10/h4-6,9,15-16,22H,1-3,7-8,10-13H2;1-2,5-6H,(H,7,8)(H,9,10)/t16-;/m0./s1. The molecule has 11 heteroatoms. The van der Waals surface area contributed by atoms with Crippen LogP contribution in [0.4, 0.5) is 13.2 Å². The van der Waals surface area contributed by atoms with Crippen LogP contribution in [-0.2, 0) is 22.3 Å². The molecule has 3 atom stereocenters. The van der Waals surface area contributed by atoms with E-state index in [4.69, 9.17) is 20.4 Å². The molecule has 0 aromatic heterocycles. The summed E-state index contributed by atoms with van der Waals surface area (Å²) in [6.45, 7) is 2.27. The zero-order chi connectivity index (χ0) is 24.6. The van der Waals surface area contributed by atoms with Crippen molar-refractivity contribution in [3.63, 3.8) is 0 Å². The van der Waals surface area contributed by atoms with Gasteiger partial charge in [0.1, 0.15) is 0 Å². The van der Waals surface area contributed by atoms with Crippen LogP contribution in [0.25, 0.3) is 0 Å². The predicted octanol–water partition coefficient (Wildman–Crippen LogP) is 2.08. The number of halogens is 3. The van der Waals surface area contributed by atoms with Crippen molar-refractivity contribution in [2.75, 3.05) is 13.1 Å². The minimum absolute atomic E-state index is 0.361. The molecule has 1 aromatic rings. The van der Waals surface area contributed by atoms with Gasteiger partial charge in [0.05, 0.1) is 5.56 Å². The van der Waals surface area contributed by atoms with Crippen molar-refractivity contribution in [2.24, 2.45) is 0 Å². The number of alkyl halides is 3. The summed E-state index contributed by atoms with van der Waals surface area (Å²) in [4.78, 5) is 21.9. The van der Waals surface area contributed by atoms with E-state index in [-0.39, 0.29) is 0 Å². The highest BCUT2D eigenvalue weighted by Gasteiger charge is 2.35. The molecule has 33 heavy (non-hydrogen) atoms. The van der Waals surface area contributed by atoms with Gasteiger partial charge in [0.2, 0.25) is 0 Å². The highest BCUT2D eigenvalue weighted by Crippen LogP contribution is 2.34. The van der Waals surface area contributed by atoms with Gasteiger partial charge >= 0.3 is 18.1 Å². The topological polar surface area (TPSA) is 130 Å². The smallest absolute Gasteiger partial charge is 0.416 e. The molecule has 186 valence electrons. The summed E-state index contributed by atoms with van der Waals surface area (Å²) >= 11 is 0. The maximum Gasteiger partial charge on any atom is 0.416 e. The number of carboxylic acids is 2. The van der Waals surface area contributed by atoms with Crippen molar-refractivity contribution >= 4 is 11.9 Å². The summed E-state index contributed by atoms with van der Waals surface area (Å²) in [6, 6.07) is 6.84. The quantitative estimate of drug-likeness (QED) is 0.405. The lowest BCUT2D eigenvalue weighted by molar-refractivity contribution is -0.165. The molecule has 0 amide bonds. The van der Waals surface area contributed by atoms with Crippen molar-refractivity contribution < 1.29 is 43.2 Å². The summed E-state index contributed by atoms with van der Waals surface area (Å²) in [5.41, 5.74) is -0.0655. The average molecular weight is 476 g/mol. The SMILES string of the molecule is FC(F)(F)c1ccccc1CN(C1CCCCC1)[C@H]1CCNC1.O=C(O)C(O)C(O)C(=O)O. The van der Waals surface area contributed by atoms with Crippen LogP contribution in [0.1, 0.15) is 49.7 Å². The number of hydrogen-bond acceptors (Lipinski definition) is 6. The number of nitrogens with zero attached hydrogens (tertiary/aromatic N) is 1. The first kappa shape index (κ1) is 27.0. The Balaban J connectivity index is 0.000000328. The van der Waals surface area contributed by atoms with Gasteiger partial charge in [-0.1, -0.05) is 37.5 Å². The van der Waals surface area contributed by atoms with Crippen LogP contribution in [-0.4, -0.2) is 74.6 Å². The van der Waals surface area contributed by atoms with Gasteiger partial charge < -0.3 is 25.7 Å². The van der Waals surface area contributed by atoms with Gasteiger partial charge in [0.15, 0.2) is 12.2 Å². The van der Waals surface area contributed by atoms with E-state index in [0.717, 1.165) is 32.4 Å². The van der Waals surface area contributed by atoms with E-state index in [0.29, 0.717) is 24.2 Å². The highest BCUT2D eigenvalue weighted by molar-refractivity contribution is 5.83. The van der Waals surface area contributed by atoms with Crippen LogP contribution < -0.4 is 5.32 Å². The van der Waals surface area contributed by atoms with Gasteiger partial charge in [0, 0.05) is 25.2 Å². The number of aliphatic hydroxyl groups is 2. The van der Waals surface area contributed by atoms with Gasteiger partial charge in [-0.15, -0.1) is 0 Å². The van der Waals surface area contributed by atoms with E-state index >= 15 is 0 Å². The molecule has 1 aliphatic heterocycles. The minimum Gasteiger partial charge on any atom is -0.479 e. The second-order valence-electron chi connectivity index (χ2n) is 8.33. The first-order valence-corrected chi connectivity index (χ1v) is 11.0. The second-order valence-corrected chi connectivity index (χ2v) is 8.33. The zero-order valence-corrected chi connectivity index (χ0v) is 18.2. The van der Waals surface area contributed by atoms with Crippen molar-refractivity contribution in [3.8, 4) is 0 Å². The number of aliphatic carboxylic acids is 2. The second kappa shape index (κ2) is 12.3. The summed E-state index contributed by atoms with van der Waals surface area (Å²) in [5.74, 6) is -3.54. The van der Waals surface area contributed by atoms with E-state index in [1.807, 2.05) is 0 Å². The molecule has 2 fully saturated rings. The van der Waals surface area contributed by atoms with Crippen LogP contribution in [0, 0.1) is 0 Å². The molecule has 8 nitrogen and oxygen atoms in total.